The standard InChI is InChI=1S/C15H12ClFN4O3S/c1-25-15-20-12-11(14(24)21-15)7(5-10(22)19-12)13(23)18-6-2-3-9(17)8(16)4-6/h2-4,7H,5H2,1H3,(H,18,23)(H2,19,20,21,22,24). The second-order valence-corrected chi connectivity index (χ2v) is 6.46. The fraction of sp³-hybridized carbons (Fsp3) is 0.200. The number of carbonyl (C=O) groups excluding carboxylic acids is 2. The van der Waals surface area contributed by atoms with Gasteiger partial charge < -0.3 is 15.6 Å². The summed E-state index contributed by atoms with van der Waals surface area (Å²) >= 11 is 6.89. The van der Waals surface area contributed by atoms with Gasteiger partial charge in [-0.1, -0.05) is 23.4 Å². The van der Waals surface area contributed by atoms with Crippen molar-refractivity contribution in [1.29, 1.82) is 0 Å². The molecule has 10 heteroatoms. The molecule has 2 heterocycles. The third kappa shape index (κ3) is 3.52. The third-order valence-corrected chi connectivity index (χ3v) is 4.50. The number of hydrogen-bond acceptors (Lipinski definition) is 5. The number of carbonyl (C=O) groups is 2. The SMILES string of the molecule is CSc1nc2c(c(=O)[nH]1)C(C(=O)Nc1ccc(F)c(Cl)c1)CC(=O)N2. The Bertz CT molecular complexity index is 933. The van der Waals surface area contributed by atoms with Gasteiger partial charge in [0.25, 0.3) is 5.56 Å². The molecular weight excluding hydrogens is 371 g/mol. The van der Waals surface area contributed by atoms with E-state index in [1.165, 1.54) is 23.9 Å². The van der Waals surface area contributed by atoms with E-state index in [-0.39, 0.29) is 28.5 Å². The van der Waals surface area contributed by atoms with Gasteiger partial charge in [0.15, 0.2) is 5.16 Å². The molecule has 3 N–H and O–H groups in total. The first-order valence-electron chi connectivity index (χ1n) is 7.13. The molecule has 25 heavy (non-hydrogen) atoms. The smallest absolute Gasteiger partial charge is 0.257 e. The Kier molecular flexibility index (Phi) is 4.78. The van der Waals surface area contributed by atoms with Crippen LogP contribution in [0.25, 0.3) is 0 Å². The lowest BCUT2D eigenvalue weighted by Gasteiger charge is -2.23. The van der Waals surface area contributed by atoms with Gasteiger partial charge >= 0.3 is 0 Å². The summed E-state index contributed by atoms with van der Waals surface area (Å²) in [5, 5.41) is 5.23. The minimum Gasteiger partial charge on any atom is -0.325 e. The zero-order valence-corrected chi connectivity index (χ0v) is 14.4. The number of H-pyrrole nitrogens is 1. The summed E-state index contributed by atoms with van der Waals surface area (Å²) in [7, 11) is 0. The summed E-state index contributed by atoms with van der Waals surface area (Å²) in [6, 6.07) is 3.69. The van der Waals surface area contributed by atoms with Crippen LogP contribution in [-0.2, 0) is 9.59 Å². The third-order valence-electron chi connectivity index (χ3n) is 3.63. The number of anilines is 2. The number of benzene rings is 1. The first-order valence-corrected chi connectivity index (χ1v) is 8.73. The van der Waals surface area contributed by atoms with E-state index in [4.69, 9.17) is 11.6 Å². The largest absolute Gasteiger partial charge is 0.325 e. The number of aromatic nitrogens is 2. The molecule has 0 aliphatic carbocycles. The summed E-state index contributed by atoms with van der Waals surface area (Å²) < 4.78 is 13.2. The first-order chi connectivity index (χ1) is 11.9. The van der Waals surface area contributed by atoms with E-state index in [0.29, 0.717) is 5.16 Å². The molecule has 3 rings (SSSR count). The molecule has 1 unspecified atom stereocenters. The normalized spacial score (nSPS) is 16.1. The van der Waals surface area contributed by atoms with Crippen LogP contribution in [0, 0.1) is 5.82 Å². The van der Waals surface area contributed by atoms with Gasteiger partial charge in [0.05, 0.1) is 16.5 Å². The Hall–Kier alpha value is -2.39. The molecule has 1 aliphatic rings. The number of aromatic amines is 1. The molecule has 1 aromatic heterocycles. The van der Waals surface area contributed by atoms with Crippen molar-refractivity contribution < 1.29 is 14.0 Å². The Morgan fingerprint density at radius 3 is 2.88 bits per heavy atom. The summed E-state index contributed by atoms with van der Waals surface area (Å²) in [5.41, 5.74) is -0.149. The number of halogens is 2. The maximum Gasteiger partial charge on any atom is 0.257 e. The molecule has 7 nitrogen and oxygen atoms in total. The van der Waals surface area contributed by atoms with Gasteiger partial charge in [-0.05, 0) is 24.5 Å². The van der Waals surface area contributed by atoms with Crippen LogP contribution < -0.4 is 16.2 Å². The number of rotatable bonds is 3. The molecule has 0 bridgehead atoms. The molecule has 0 fully saturated rings. The van der Waals surface area contributed by atoms with Gasteiger partial charge in [-0.25, -0.2) is 9.37 Å². The highest BCUT2D eigenvalue weighted by Crippen LogP contribution is 2.30. The lowest BCUT2D eigenvalue weighted by Crippen LogP contribution is -2.36. The van der Waals surface area contributed by atoms with Crippen molar-refractivity contribution in [2.45, 2.75) is 17.5 Å². The van der Waals surface area contributed by atoms with Crippen molar-refractivity contribution in [3.8, 4) is 0 Å². The number of amides is 2. The van der Waals surface area contributed by atoms with Crippen LogP contribution >= 0.6 is 23.4 Å². The lowest BCUT2D eigenvalue weighted by molar-refractivity contribution is -0.123. The molecule has 0 spiro atoms. The zero-order valence-electron chi connectivity index (χ0n) is 12.9. The highest BCUT2D eigenvalue weighted by atomic mass is 35.5. The molecular formula is C15H12ClFN4O3S. The molecule has 1 atom stereocenters. The Morgan fingerprint density at radius 2 is 2.20 bits per heavy atom. The van der Waals surface area contributed by atoms with Gasteiger partial charge in [-0.15, -0.1) is 0 Å². The monoisotopic (exact) mass is 382 g/mol. The van der Waals surface area contributed by atoms with Gasteiger partial charge in [0.1, 0.15) is 11.6 Å². The molecule has 130 valence electrons. The average molecular weight is 383 g/mol. The van der Waals surface area contributed by atoms with Crippen molar-refractivity contribution in [2.24, 2.45) is 0 Å². The van der Waals surface area contributed by atoms with Crippen molar-refractivity contribution in [3.05, 3.63) is 45.0 Å². The van der Waals surface area contributed by atoms with E-state index < -0.39 is 29.1 Å². The van der Waals surface area contributed by atoms with Gasteiger partial charge in [-0.3, -0.25) is 14.4 Å². The summed E-state index contributed by atoms with van der Waals surface area (Å²) in [6.45, 7) is 0. The average Bonchev–Trinajstić information content (AvgIpc) is 2.56. The van der Waals surface area contributed by atoms with E-state index in [1.807, 2.05) is 0 Å². The highest BCUT2D eigenvalue weighted by molar-refractivity contribution is 7.98. The first kappa shape index (κ1) is 17.4. The number of nitrogens with one attached hydrogen (secondary N) is 3. The van der Waals surface area contributed by atoms with Crippen LogP contribution in [0.2, 0.25) is 5.02 Å². The Morgan fingerprint density at radius 1 is 1.44 bits per heavy atom. The van der Waals surface area contributed by atoms with E-state index in [1.54, 1.807) is 6.26 Å². The second-order valence-electron chi connectivity index (χ2n) is 5.26. The van der Waals surface area contributed by atoms with E-state index in [2.05, 4.69) is 20.6 Å². The van der Waals surface area contributed by atoms with Crippen LogP contribution in [0.5, 0.6) is 0 Å². The predicted octanol–water partition coefficient (Wildman–Crippen LogP) is 2.35. The summed E-state index contributed by atoms with van der Waals surface area (Å²) in [6.07, 6.45) is 1.52. The molecule has 0 saturated carbocycles. The van der Waals surface area contributed by atoms with Crippen molar-refractivity contribution in [1.82, 2.24) is 9.97 Å². The molecule has 2 amide bonds. The highest BCUT2D eigenvalue weighted by Gasteiger charge is 2.34. The van der Waals surface area contributed by atoms with Crippen LogP contribution in [0.4, 0.5) is 15.9 Å². The summed E-state index contributed by atoms with van der Waals surface area (Å²) in [5.74, 6) is -2.56. The summed E-state index contributed by atoms with van der Waals surface area (Å²) in [4.78, 5) is 43.4. The predicted molar refractivity (Wildman–Crippen MR) is 92.7 cm³/mol. The Labute approximate surface area is 150 Å². The molecule has 1 aromatic carbocycles. The van der Waals surface area contributed by atoms with Crippen LogP contribution in [-0.4, -0.2) is 28.0 Å². The Balaban J connectivity index is 1.95. The van der Waals surface area contributed by atoms with E-state index in [0.717, 1.165) is 6.07 Å². The number of fused-ring (bicyclic) bond motifs is 1. The number of nitrogens with zero attached hydrogens (tertiary/aromatic N) is 1. The molecule has 0 saturated heterocycles. The minimum atomic E-state index is -1.01. The van der Waals surface area contributed by atoms with Crippen LogP contribution in [0.3, 0.4) is 0 Å². The molecule has 1 aliphatic heterocycles. The fourth-order valence-corrected chi connectivity index (χ4v) is 3.03. The topological polar surface area (TPSA) is 104 Å². The minimum absolute atomic E-state index is 0.0710. The van der Waals surface area contributed by atoms with Crippen LogP contribution in [0.1, 0.15) is 17.9 Å². The van der Waals surface area contributed by atoms with Gasteiger partial charge in [-0.2, -0.15) is 0 Å². The molecule has 2 aromatic rings. The van der Waals surface area contributed by atoms with Crippen LogP contribution in [0.15, 0.2) is 28.2 Å². The molecule has 0 radical (unpaired) electrons. The number of hydrogen-bond donors (Lipinski definition) is 3. The quantitative estimate of drug-likeness (QED) is 0.558. The second kappa shape index (κ2) is 6.85. The van der Waals surface area contributed by atoms with Gasteiger partial charge in [0.2, 0.25) is 11.8 Å². The van der Waals surface area contributed by atoms with Crippen molar-refractivity contribution in [2.75, 3.05) is 16.9 Å². The maximum absolute atomic E-state index is 13.2. The van der Waals surface area contributed by atoms with E-state index >= 15 is 0 Å². The van der Waals surface area contributed by atoms with Gasteiger partial charge in [0, 0.05) is 12.1 Å². The van der Waals surface area contributed by atoms with E-state index in [9.17, 15) is 18.8 Å². The number of thioether (sulfide) groups is 1. The fourth-order valence-electron chi connectivity index (χ4n) is 2.47. The van der Waals surface area contributed by atoms with Crippen molar-refractivity contribution in [3.63, 3.8) is 0 Å². The maximum atomic E-state index is 13.2. The zero-order chi connectivity index (χ0) is 18.1. The lowest BCUT2D eigenvalue weighted by atomic mass is 9.92. The van der Waals surface area contributed by atoms with Crippen molar-refractivity contribution >= 4 is 46.7 Å².